The number of para-hydroxylation sites is 2. The van der Waals surface area contributed by atoms with Crippen LogP contribution in [-0.2, 0) is 0 Å². The van der Waals surface area contributed by atoms with Gasteiger partial charge in [0.1, 0.15) is 11.2 Å². The van der Waals surface area contributed by atoms with Crippen LogP contribution in [0.2, 0.25) is 0 Å². The number of furan rings is 1. The largest absolute Gasteiger partial charge is 0.455 e. The Balaban J connectivity index is 1.11. The normalized spacial score (nSPS) is 11.3. The molecule has 0 aliphatic rings. The quantitative estimate of drug-likeness (QED) is 0.166. The third-order valence-corrected chi connectivity index (χ3v) is 9.90. The van der Waals surface area contributed by atoms with Gasteiger partial charge in [0.05, 0.1) is 0 Å². The van der Waals surface area contributed by atoms with E-state index in [-0.39, 0.29) is 0 Å². The summed E-state index contributed by atoms with van der Waals surface area (Å²) in [6.45, 7) is 0. The van der Waals surface area contributed by atoms with Crippen LogP contribution >= 0.6 is 0 Å². The number of anilines is 3. The highest BCUT2D eigenvalue weighted by Crippen LogP contribution is 2.41. The lowest BCUT2D eigenvalue weighted by Crippen LogP contribution is -2.09. The minimum atomic E-state index is 0.614. The Hall–Kier alpha value is -7.37. The van der Waals surface area contributed by atoms with Gasteiger partial charge in [0.2, 0.25) is 0 Å². The lowest BCUT2D eigenvalue weighted by Gasteiger charge is -2.25. The monoisotopic (exact) mass is 692 g/mol. The van der Waals surface area contributed by atoms with Crippen molar-refractivity contribution in [2.24, 2.45) is 0 Å². The van der Waals surface area contributed by atoms with Crippen molar-refractivity contribution in [3.8, 4) is 45.3 Å². The molecule has 0 amide bonds. The molecule has 5 heteroatoms. The molecule has 2 heterocycles. The molecule has 54 heavy (non-hydrogen) atoms. The van der Waals surface area contributed by atoms with Crippen molar-refractivity contribution in [2.75, 3.05) is 4.90 Å². The molecule has 0 spiro atoms. The molecule has 0 aliphatic carbocycles. The van der Waals surface area contributed by atoms with E-state index in [4.69, 9.17) is 19.4 Å². The topological polar surface area (TPSA) is 55.1 Å². The Bertz CT molecular complexity index is 2810. The smallest absolute Gasteiger partial charge is 0.164 e. The van der Waals surface area contributed by atoms with Gasteiger partial charge >= 0.3 is 0 Å². The predicted octanol–water partition coefficient (Wildman–Crippen LogP) is 13.1. The summed E-state index contributed by atoms with van der Waals surface area (Å²) in [7, 11) is 0. The highest BCUT2D eigenvalue weighted by atomic mass is 16.3. The van der Waals surface area contributed by atoms with Crippen LogP contribution in [0.3, 0.4) is 0 Å². The number of benzene rings is 8. The maximum absolute atomic E-state index is 6.62. The van der Waals surface area contributed by atoms with Crippen LogP contribution in [-0.4, -0.2) is 15.0 Å². The maximum atomic E-state index is 6.62. The maximum Gasteiger partial charge on any atom is 0.164 e. The fourth-order valence-electron chi connectivity index (χ4n) is 7.30. The van der Waals surface area contributed by atoms with Crippen LogP contribution in [0.25, 0.3) is 78.0 Å². The van der Waals surface area contributed by atoms with Gasteiger partial charge in [-0.1, -0.05) is 140 Å². The Morgan fingerprint density at radius 1 is 0.333 bits per heavy atom. The molecule has 0 N–H and O–H groups in total. The zero-order valence-corrected chi connectivity index (χ0v) is 29.2. The van der Waals surface area contributed by atoms with E-state index in [9.17, 15) is 0 Å². The second-order valence-corrected chi connectivity index (χ2v) is 13.3. The number of rotatable bonds is 7. The molecule has 2 aromatic heterocycles. The van der Waals surface area contributed by atoms with Gasteiger partial charge in [-0.25, -0.2) is 15.0 Å². The molecule has 0 saturated carbocycles. The molecule has 0 atom stereocenters. The van der Waals surface area contributed by atoms with Gasteiger partial charge in [-0.3, -0.25) is 0 Å². The van der Waals surface area contributed by atoms with E-state index in [0.717, 1.165) is 77.6 Å². The summed E-state index contributed by atoms with van der Waals surface area (Å²) < 4.78 is 6.62. The predicted molar refractivity (Wildman–Crippen MR) is 221 cm³/mol. The average Bonchev–Trinajstić information content (AvgIpc) is 3.63. The van der Waals surface area contributed by atoms with Crippen molar-refractivity contribution < 1.29 is 4.42 Å². The molecule has 5 nitrogen and oxygen atoms in total. The first kappa shape index (κ1) is 31.4. The second kappa shape index (κ2) is 13.3. The molecule has 0 saturated heterocycles. The SMILES string of the molecule is c1ccc(-c2nc(-c3ccccc3)nc(-c3cc4c5cc(-c6ccc(N(c7ccccc7)c7ccccc7)cc6)ccc5oc4c4ccccc34)n2)cc1. The van der Waals surface area contributed by atoms with Gasteiger partial charge in [-0.2, -0.15) is 0 Å². The molecule has 10 rings (SSSR count). The van der Waals surface area contributed by atoms with Crippen molar-refractivity contribution in [1.82, 2.24) is 15.0 Å². The first-order chi connectivity index (χ1) is 26.8. The van der Waals surface area contributed by atoms with Crippen LogP contribution in [0.4, 0.5) is 17.1 Å². The zero-order chi connectivity index (χ0) is 35.8. The lowest BCUT2D eigenvalue weighted by molar-refractivity contribution is 0.673. The van der Waals surface area contributed by atoms with E-state index in [1.54, 1.807) is 0 Å². The van der Waals surface area contributed by atoms with Crippen LogP contribution in [0.15, 0.2) is 199 Å². The molecule has 0 radical (unpaired) electrons. The number of nitrogens with zero attached hydrogens (tertiary/aromatic N) is 4. The minimum absolute atomic E-state index is 0.614. The van der Waals surface area contributed by atoms with Gasteiger partial charge in [-0.05, 0) is 71.1 Å². The van der Waals surface area contributed by atoms with Crippen molar-refractivity contribution in [3.63, 3.8) is 0 Å². The van der Waals surface area contributed by atoms with E-state index in [1.165, 1.54) is 0 Å². The van der Waals surface area contributed by atoms with Crippen molar-refractivity contribution in [3.05, 3.63) is 194 Å². The number of fused-ring (bicyclic) bond motifs is 5. The third kappa shape index (κ3) is 5.65. The van der Waals surface area contributed by atoms with Crippen LogP contribution in [0.1, 0.15) is 0 Å². The lowest BCUT2D eigenvalue weighted by atomic mass is 9.98. The highest BCUT2D eigenvalue weighted by molar-refractivity contribution is 6.19. The van der Waals surface area contributed by atoms with Gasteiger partial charge in [-0.15, -0.1) is 0 Å². The highest BCUT2D eigenvalue weighted by Gasteiger charge is 2.19. The van der Waals surface area contributed by atoms with Gasteiger partial charge in [0.25, 0.3) is 0 Å². The summed E-state index contributed by atoms with van der Waals surface area (Å²) in [5, 5.41) is 4.08. The Morgan fingerprint density at radius 3 is 1.41 bits per heavy atom. The molecule has 0 bridgehead atoms. The summed E-state index contributed by atoms with van der Waals surface area (Å²) in [6.07, 6.45) is 0. The molecule has 0 fully saturated rings. The summed E-state index contributed by atoms with van der Waals surface area (Å²) >= 11 is 0. The summed E-state index contributed by atoms with van der Waals surface area (Å²) in [6, 6.07) is 66.9. The number of hydrogen-bond donors (Lipinski definition) is 0. The van der Waals surface area contributed by atoms with E-state index in [2.05, 4.69) is 126 Å². The number of hydrogen-bond acceptors (Lipinski definition) is 5. The minimum Gasteiger partial charge on any atom is -0.455 e. The van der Waals surface area contributed by atoms with Crippen LogP contribution in [0.5, 0.6) is 0 Å². The van der Waals surface area contributed by atoms with Gasteiger partial charge < -0.3 is 9.32 Å². The molecule has 10 aromatic rings. The molecular weight excluding hydrogens is 661 g/mol. The Labute approximate surface area is 312 Å². The van der Waals surface area contributed by atoms with Gasteiger partial charge in [0.15, 0.2) is 17.5 Å². The Kier molecular flexibility index (Phi) is 7.73. The Morgan fingerprint density at radius 2 is 0.815 bits per heavy atom. The van der Waals surface area contributed by atoms with E-state index < -0.39 is 0 Å². The molecule has 254 valence electrons. The van der Waals surface area contributed by atoms with E-state index >= 15 is 0 Å². The van der Waals surface area contributed by atoms with Crippen molar-refractivity contribution >= 4 is 49.8 Å². The first-order valence-electron chi connectivity index (χ1n) is 18.0. The van der Waals surface area contributed by atoms with Crippen molar-refractivity contribution in [2.45, 2.75) is 0 Å². The second-order valence-electron chi connectivity index (χ2n) is 13.3. The fraction of sp³-hybridized carbons (Fsp3) is 0. The van der Waals surface area contributed by atoms with Gasteiger partial charge in [0, 0.05) is 49.9 Å². The van der Waals surface area contributed by atoms with E-state index in [1.807, 2.05) is 72.8 Å². The standard InChI is InChI=1S/C49H32N4O/c1-5-15-34(16-6-1)47-50-48(35-17-7-2-8-18-35)52-49(51-47)44-32-43-42-31-36(27-30-45(42)54-46(43)41-24-14-13-23-40(41)44)33-25-28-39(29-26-33)53(37-19-9-3-10-20-37)38-21-11-4-12-22-38/h1-32H. The fourth-order valence-corrected chi connectivity index (χ4v) is 7.30. The zero-order valence-electron chi connectivity index (χ0n) is 29.2. The average molecular weight is 693 g/mol. The molecular formula is C49H32N4O. The third-order valence-electron chi connectivity index (χ3n) is 9.90. The van der Waals surface area contributed by atoms with Crippen molar-refractivity contribution in [1.29, 1.82) is 0 Å². The number of aromatic nitrogens is 3. The molecule has 0 aliphatic heterocycles. The summed E-state index contributed by atoms with van der Waals surface area (Å²) in [5.41, 5.74) is 10.00. The van der Waals surface area contributed by atoms with E-state index in [0.29, 0.717) is 17.5 Å². The summed E-state index contributed by atoms with van der Waals surface area (Å²) in [4.78, 5) is 17.4. The molecule has 8 aromatic carbocycles. The van der Waals surface area contributed by atoms with Crippen LogP contribution < -0.4 is 4.90 Å². The summed E-state index contributed by atoms with van der Waals surface area (Å²) in [5.74, 6) is 1.87. The first-order valence-corrected chi connectivity index (χ1v) is 18.0. The molecule has 0 unspecified atom stereocenters. The van der Waals surface area contributed by atoms with Crippen LogP contribution in [0, 0.1) is 0 Å².